The Balaban J connectivity index is 2.41. The van der Waals surface area contributed by atoms with Crippen molar-refractivity contribution < 1.29 is 4.79 Å². The molecule has 0 fully saturated rings. The smallest absolute Gasteiger partial charge is 0.255 e. The monoisotopic (exact) mass is 291 g/mol. The lowest BCUT2D eigenvalue weighted by molar-refractivity contribution is 0.1000. The molecule has 2 N–H and O–H groups in total. The van der Waals surface area contributed by atoms with Gasteiger partial charge in [0.2, 0.25) is 5.91 Å². The SMILES string of the molecule is Cc1cc(C(N)=O)ccc1Cn1c(C)nc(Cl)cc1=O. The zero-order valence-corrected chi connectivity index (χ0v) is 11.9. The average molecular weight is 292 g/mol. The van der Waals surface area contributed by atoms with Gasteiger partial charge in [-0.15, -0.1) is 0 Å². The number of carbonyl (C=O) groups is 1. The van der Waals surface area contributed by atoms with Crippen molar-refractivity contribution in [3.8, 4) is 0 Å². The summed E-state index contributed by atoms with van der Waals surface area (Å²) in [5.74, 6) is 0.0713. The molecule has 0 unspecified atom stereocenters. The first-order chi connectivity index (χ1) is 9.38. The summed E-state index contributed by atoms with van der Waals surface area (Å²) in [6.07, 6.45) is 0. The van der Waals surface area contributed by atoms with E-state index in [-0.39, 0.29) is 10.7 Å². The van der Waals surface area contributed by atoms with Crippen LogP contribution in [0.5, 0.6) is 0 Å². The van der Waals surface area contributed by atoms with Crippen LogP contribution in [0.3, 0.4) is 0 Å². The third kappa shape index (κ3) is 2.88. The maximum absolute atomic E-state index is 11.9. The van der Waals surface area contributed by atoms with Crippen molar-refractivity contribution in [3.63, 3.8) is 0 Å². The zero-order chi connectivity index (χ0) is 14.9. The van der Waals surface area contributed by atoms with E-state index in [1.54, 1.807) is 25.1 Å². The Morgan fingerprint density at radius 3 is 2.60 bits per heavy atom. The van der Waals surface area contributed by atoms with Crippen LogP contribution in [0.1, 0.15) is 27.3 Å². The summed E-state index contributed by atoms with van der Waals surface area (Å²) in [6, 6.07) is 6.42. The van der Waals surface area contributed by atoms with Gasteiger partial charge in [-0.25, -0.2) is 4.98 Å². The molecule has 0 aliphatic carbocycles. The molecule has 1 heterocycles. The highest BCUT2D eigenvalue weighted by molar-refractivity contribution is 6.29. The van der Waals surface area contributed by atoms with Crippen molar-refractivity contribution in [2.45, 2.75) is 20.4 Å². The molecule has 0 bridgehead atoms. The molecule has 0 spiro atoms. The fourth-order valence-electron chi connectivity index (χ4n) is 1.98. The number of nitrogens with two attached hydrogens (primary N) is 1. The van der Waals surface area contributed by atoms with Crippen LogP contribution in [-0.2, 0) is 6.54 Å². The Labute approximate surface area is 121 Å². The summed E-state index contributed by atoms with van der Waals surface area (Å²) in [5, 5.41) is 0.185. The van der Waals surface area contributed by atoms with Crippen LogP contribution in [0.2, 0.25) is 5.15 Å². The first-order valence-electron chi connectivity index (χ1n) is 6.02. The minimum Gasteiger partial charge on any atom is -0.366 e. The fourth-order valence-corrected chi connectivity index (χ4v) is 2.19. The van der Waals surface area contributed by atoms with Crippen LogP contribution in [-0.4, -0.2) is 15.5 Å². The highest BCUT2D eigenvalue weighted by Crippen LogP contribution is 2.13. The summed E-state index contributed by atoms with van der Waals surface area (Å²) >= 11 is 5.74. The Morgan fingerprint density at radius 2 is 2.05 bits per heavy atom. The summed E-state index contributed by atoms with van der Waals surface area (Å²) in [5.41, 5.74) is 7.28. The van der Waals surface area contributed by atoms with E-state index in [1.165, 1.54) is 10.6 Å². The minimum atomic E-state index is -0.471. The second-order valence-electron chi connectivity index (χ2n) is 4.56. The van der Waals surface area contributed by atoms with Crippen molar-refractivity contribution in [1.29, 1.82) is 0 Å². The first-order valence-corrected chi connectivity index (χ1v) is 6.39. The number of hydrogen-bond donors (Lipinski definition) is 1. The van der Waals surface area contributed by atoms with Crippen LogP contribution < -0.4 is 11.3 Å². The number of carbonyl (C=O) groups excluding carboxylic acids is 1. The number of aromatic nitrogens is 2. The van der Waals surface area contributed by atoms with Gasteiger partial charge in [-0.2, -0.15) is 0 Å². The van der Waals surface area contributed by atoms with E-state index in [4.69, 9.17) is 17.3 Å². The molecule has 5 nitrogen and oxygen atoms in total. The highest BCUT2D eigenvalue weighted by atomic mass is 35.5. The second kappa shape index (κ2) is 5.46. The standard InChI is InChI=1S/C14H14ClN3O2/c1-8-5-10(14(16)20)3-4-11(8)7-18-9(2)17-12(15)6-13(18)19/h3-6H,7H2,1-2H3,(H2,16,20). The molecule has 2 aromatic rings. The molecule has 0 aliphatic heterocycles. The maximum Gasteiger partial charge on any atom is 0.255 e. The molecule has 0 radical (unpaired) electrons. The van der Waals surface area contributed by atoms with Gasteiger partial charge >= 0.3 is 0 Å². The van der Waals surface area contributed by atoms with Crippen LogP contribution in [0.25, 0.3) is 0 Å². The van der Waals surface area contributed by atoms with Gasteiger partial charge in [0.15, 0.2) is 0 Å². The lowest BCUT2D eigenvalue weighted by atomic mass is 10.0. The molecule has 104 valence electrons. The van der Waals surface area contributed by atoms with E-state index < -0.39 is 5.91 Å². The molecule has 1 aromatic carbocycles. The van der Waals surface area contributed by atoms with Crippen LogP contribution in [0.15, 0.2) is 29.1 Å². The summed E-state index contributed by atoms with van der Waals surface area (Å²) in [4.78, 5) is 27.1. The predicted molar refractivity (Wildman–Crippen MR) is 77.0 cm³/mol. The molecule has 1 aromatic heterocycles. The molecule has 20 heavy (non-hydrogen) atoms. The molecule has 0 saturated carbocycles. The molecular formula is C14H14ClN3O2. The topological polar surface area (TPSA) is 78.0 Å². The molecule has 0 aliphatic rings. The van der Waals surface area contributed by atoms with E-state index in [9.17, 15) is 9.59 Å². The third-order valence-corrected chi connectivity index (χ3v) is 3.32. The van der Waals surface area contributed by atoms with Gasteiger partial charge < -0.3 is 5.73 Å². The van der Waals surface area contributed by atoms with Gasteiger partial charge in [-0.1, -0.05) is 17.7 Å². The minimum absolute atomic E-state index is 0.185. The van der Waals surface area contributed by atoms with E-state index in [0.29, 0.717) is 17.9 Å². The highest BCUT2D eigenvalue weighted by Gasteiger charge is 2.08. The van der Waals surface area contributed by atoms with Crippen molar-refractivity contribution in [3.05, 3.63) is 62.3 Å². The van der Waals surface area contributed by atoms with Crippen LogP contribution in [0, 0.1) is 13.8 Å². The number of rotatable bonds is 3. The normalized spacial score (nSPS) is 10.6. The Hall–Kier alpha value is -2.14. The van der Waals surface area contributed by atoms with Gasteiger partial charge in [0.1, 0.15) is 11.0 Å². The third-order valence-electron chi connectivity index (χ3n) is 3.12. The van der Waals surface area contributed by atoms with Crippen molar-refractivity contribution in [2.24, 2.45) is 5.73 Å². The van der Waals surface area contributed by atoms with Crippen molar-refractivity contribution in [1.82, 2.24) is 9.55 Å². The quantitative estimate of drug-likeness (QED) is 0.874. The number of hydrogen-bond acceptors (Lipinski definition) is 3. The molecule has 0 atom stereocenters. The zero-order valence-electron chi connectivity index (χ0n) is 11.2. The molecule has 2 rings (SSSR count). The van der Waals surface area contributed by atoms with Crippen molar-refractivity contribution >= 4 is 17.5 Å². The number of benzene rings is 1. The molecule has 6 heteroatoms. The summed E-state index contributed by atoms with van der Waals surface area (Å²) in [6.45, 7) is 3.96. The largest absolute Gasteiger partial charge is 0.366 e. The average Bonchev–Trinajstić information content (AvgIpc) is 2.34. The van der Waals surface area contributed by atoms with E-state index in [2.05, 4.69) is 4.98 Å². The van der Waals surface area contributed by atoms with Gasteiger partial charge in [0.25, 0.3) is 5.56 Å². The molecular weight excluding hydrogens is 278 g/mol. The number of amides is 1. The molecule has 0 saturated heterocycles. The Kier molecular flexibility index (Phi) is 3.90. The van der Waals surface area contributed by atoms with Gasteiger partial charge in [0.05, 0.1) is 6.54 Å². The lowest BCUT2D eigenvalue weighted by Crippen LogP contribution is -2.24. The Bertz CT molecular complexity index is 738. The number of primary amides is 1. The van der Waals surface area contributed by atoms with Gasteiger partial charge in [0, 0.05) is 11.6 Å². The van der Waals surface area contributed by atoms with Gasteiger partial charge in [-0.05, 0) is 37.1 Å². The van der Waals surface area contributed by atoms with Gasteiger partial charge in [-0.3, -0.25) is 14.2 Å². The Morgan fingerprint density at radius 1 is 1.35 bits per heavy atom. The van der Waals surface area contributed by atoms with E-state index in [0.717, 1.165) is 11.1 Å². The number of halogens is 1. The van der Waals surface area contributed by atoms with E-state index in [1.807, 2.05) is 6.92 Å². The first kappa shape index (κ1) is 14.3. The van der Waals surface area contributed by atoms with E-state index >= 15 is 0 Å². The number of aryl methyl sites for hydroxylation is 2. The van der Waals surface area contributed by atoms with Crippen LogP contribution >= 0.6 is 11.6 Å². The van der Waals surface area contributed by atoms with Crippen LogP contribution in [0.4, 0.5) is 0 Å². The summed E-state index contributed by atoms with van der Waals surface area (Å²) < 4.78 is 1.53. The number of nitrogens with zero attached hydrogens (tertiary/aromatic N) is 2. The lowest BCUT2D eigenvalue weighted by Gasteiger charge is -2.12. The van der Waals surface area contributed by atoms with Crippen molar-refractivity contribution in [2.75, 3.05) is 0 Å². The second-order valence-corrected chi connectivity index (χ2v) is 4.94. The molecule has 1 amide bonds. The fraction of sp³-hybridized carbons (Fsp3) is 0.214. The predicted octanol–water partition coefficient (Wildman–Crippen LogP) is 1.66. The maximum atomic E-state index is 11.9. The summed E-state index contributed by atoms with van der Waals surface area (Å²) in [7, 11) is 0.